The Morgan fingerprint density at radius 3 is 2.28 bits per heavy atom. The lowest BCUT2D eigenvalue weighted by Crippen LogP contribution is -2.15. The molecular formula is C24H24N2O2S. The van der Waals surface area contributed by atoms with Crippen molar-refractivity contribution in [3.8, 4) is 0 Å². The maximum absolute atomic E-state index is 12.3. The number of rotatable bonds is 7. The van der Waals surface area contributed by atoms with Gasteiger partial charge in [-0.1, -0.05) is 42.5 Å². The number of thioether (sulfide) groups is 1. The van der Waals surface area contributed by atoms with Crippen LogP contribution in [0.2, 0.25) is 0 Å². The average Bonchev–Trinajstić information content (AvgIpc) is 2.72. The van der Waals surface area contributed by atoms with E-state index < -0.39 is 0 Å². The van der Waals surface area contributed by atoms with Gasteiger partial charge in [0.25, 0.3) is 5.91 Å². The van der Waals surface area contributed by atoms with Crippen LogP contribution in [-0.4, -0.2) is 17.6 Å². The molecule has 3 aromatic rings. The van der Waals surface area contributed by atoms with Crippen molar-refractivity contribution < 1.29 is 9.59 Å². The topological polar surface area (TPSA) is 58.2 Å². The summed E-state index contributed by atoms with van der Waals surface area (Å²) in [6.45, 7) is 4.04. The molecule has 0 aliphatic rings. The molecule has 0 aliphatic heterocycles. The van der Waals surface area contributed by atoms with E-state index in [9.17, 15) is 9.59 Å². The van der Waals surface area contributed by atoms with Crippen molar-refractivity contribution in [2.24, 2.45) is 0 Å². The Morgan fingerprint density at radius 1 is 0.828 bits per heavy atom. The molecule has 0 bridgehead atoms. The molecule has 0 saturated heterocycles. The number of carbonyl (C=O) groups is 2. The minimum Gasteiger partial charge on any atom is -0.325 e. The molecule has 0 aliphatic carbocycles. The van der Waals surface area contributed by atoms with E-state index in [1.807, 2.05) is 86.6 Å². The molecule has 2 N–H and O–H groups in total. The van der Waals surface area contributed by atoms with Gasteiger partial charge in [0.2, 0.25) is 5.91 Å². The van der Waals surface area contributed by atoms with E-state index in [0.29, 0.717) is 17.1 Å². The summed E-state index contributed by atoms with van der Waals surface area (Å²) in [5.74, 6) is 0.940. The fourth-order valence-electron chi connectivity index (χ4n) is 2.81. The van der Waals surface area contributed by atoms with Crippen LogP contribution in [-0.2, 0) is 10.5 Å². The number of anilines is 2. The number of aryl methyl sites for hydroxylation is 1. The van der Waals surface area contributed by atoms with Gasteiger partial charge in [0.1, 0.15) is 0 Å². The summed E-state index contributed by atoms with van der Waals surface area (Å²) < 4.78 is 0. The van der Waals surface area contributed by atoms with Crippen molar-refractivity contribution >= 4 is 35.0 Å². The summed E-state index contributed by atoms with van der Waals surface area (Å²) in [7, 11) is 0. The molecule has 0 fully saturated rings. The van der Waals surface area contributed by atoms with Gasteiger partial charge >= 0.3 is 0 Å². The molecule has 4 nitrogen and oxygen atoms in total. The molecule has 5 heteroatoms. The average molecular weight is 405 g/mol. The maximum atomic E-state index is 12.3. The smallest absolute Gasteiger partial charge is 0.255 e. The minimum atomic E-state index is -0.136. The van der Waals surface area contributed by atoms with E-state index in [0.717, 1.165) is 28.1 Å². The van der Waals surface area contributed by atoms with Crippen LogP contribution in [0, 0.1) is 13.8 Å². The number of benzene rings is 3. The molecule has 2 amide bonds. The Labute approximate surface area is 175 Å². The molecule has 0 spiro atoms. The van der Waals surface area contributed by atoms with E-state index in [2.05, 4.69) is 10.6 Å². The van der Waals surface area contributed by atoms with Crippen molar-refractivity contribution in [1.29, 1.82) is 0 Å². The van der Waals surface area contributed by atoms with Crippen molar-refractivity contribution in [3.63, 3.8) is 0 Å². The first-order valence-electron chi connectivity index (χ1n) is 9.42. The summed E-state index contributed by atoms with van der Waals surface area (Å²) in [5, 5.41) is 5.84. The van der Waals surface area contributed by atoms with Crippen molar-refractivity contribution in [2.45, 2.75) is 19.6 Å². The van der Waals surface area contributed by atoms with E-state index in [-0.39, 0.29) is 11.8 Å². The molecule has 148 valence electrons. The summed E-state index contributed by atoms with van der Waals surface area (Å²) in [6, 6.07) is 22.7. The van der Waals surface area contributed by atoms with E-state index in [4.69, 9.17) is 0 Å². The minimum absolute atomic E-state index is 0.0115. The molecule has 0 saturated carbocycles. The van der Waals surface area contributed by atoms with Gasteiger partial charge in [-0.2, -0.15) is 0 Å². The van der Waals surface area contributed by atoms with Gasteiger partial charge in [-0.25, -0.2) is 0 Å². The van der Waals surface area contributed by atoms with E-state index in [1.54, 1.807) is 11.8 Å². The van der Waals surface area contributed by atoms with E-state index >= 15 is 0 Å². The third-order valence-corrected chi connectivity index (χ3v) is 5.63. The van der Waals surface area contributed by atoms with Crippen LogP contribution in [0.3, 0.4) is 0 Å². The standard InChI is InChI=1S/C24H24N2O2S/c1-17-7-6-10-22(18(17)2)26-23(27)16-29-15-19-11-13-20(14-12-19)24(28)25-21-8-4-3-5-9-21/h3-14H,15-16H2,1-2H3,(H,25,28)(H,26,27). The highest BCUT2D eigenvalue weighted by molar-refractivity contribution is 7.99. The summed E-state index contributed by atoms with van der Waals surface area (Å²) >= 11 is 1.55. The van der Waals surface area contributed by atoms with E-state index in [1.165, 1.54) is 0 Å². The van der Waals surface area contributed by atoms with Crippen molar-refractivity contribution in [2.75, 3.05) is 16.4 Å². The second-order valence-corrected chi connectivity index (χ2v) is 7.79. The lowest BCUT2D eigenvalue weighted by molar-refractivity contribution is -0.113. The molecular weight excluding hydrogens is 380 g/mol. The van der Waals surface area contributed by atoms with Gasteiger partial charge in [-0.3, -0.25) is 9.59 Å². The molecule has 0 unspecified atom stereocenters. The number of nitrogens with one attached hydrogen (secondary N) is 2. The molecule has 0 atom stereocenters. The first-order valence-corrected chi connectivity index (χ1v) is 10.6. The number of amides is 2. The SMILES string of the molecule is Cc1cccc(NC(=O)CSCc2ccc(C(=O)Nc3ccccc3)cc2)c1C. The molecule has 3 rings (SSSR count). The monoisotopic (exact) mass is 404 g/mol. The third-order valence-electron chi connectivity index (χ3n) is 4.63. The highest BCUT2D eigenvalue weighted by Gasteiger charge is 2.08. The highest BCUT2D eigenvalue weighted by Crippen LogP contribution is 2.19. The number of hydrogen-bond donors (Lipinski definition) is 2. The van der Waals surface area contributed by atoms with Gasteiger partial charge in [0.15, 0.2) is 0 Å². The quantitative estimate of drug-likeness (QED) is 0.552. The lowest BCUT2D eigenvalue weighted by Gasteiger charge is -2.10. The van der Waals surface area contributed by atoms with Crippen LogP contribution in [0.15, 0.2) is 72.8 Å². The zero-order valence-corrected chi connectivity index (χ0v) is 17.4. The van der Waals surface area contributed by atoms with Crippen LogP contribution < -0.4 is 10.6 Å². The van der Waals surface area contributed by atoms with Gasteiger partial charge in [0.05, 0.1) is 5.75 Å². The fraction of sp³-hybridized carbons (Fsp3) is 0.167. The summed E-state index contributed by atoms with van der Waals surface area (Å²) in [6.07, 6.45) is 0. The predicted molar refractivity (Wildman–Crippen MR) is 122 cm³/mol. The number of hydrogen-bond acceptors (Lipinski definition) is 3. The van der Waals surface area contributed by atoms with Crippen LogP contribution in [0.25, 0.3) is 0 Å². The Morgan fingerprint density at radius 2 is 1.55 bits per heavy atom. The number of para-hydroxylation sites is 1. The second-order valence-electron chi connectivity index (χ2n) is 6.81. The largest absolute Gasteiger partial charge is 0.325 e. The van der Waals surface area contributed by atoms with Crippen molar-refractivity contribution in [3.05, 3.63) is 95.1 Å². The Hall–Kier alpha value is -3.05. The molecule has 29 heavy (non-hydrogen) atoms. The van der Waals surface area contributed by atoms with Crippen LogP contribution in [0.5, 0.6) is 0 Å². The lowest BCUT2D eigenvalue weighted by atomic mass is 10.1. The number of carbonyl (C=O) groups excluding carboxylic acids is 2. The first kappa shape index (κ1) is 20.7. The van der Waals surface area contributed by atoms with Crippen LogP contribution in [0.1, 0.15) is 27.0 Å². The molecule has 3 aromatic carbocycles. The summed E-state index contributed by atoms with van der Waals surface area (Å²) in [4.78, 5) is 24.5. The third kappa shape index (κ3) is 5.96. The van der Waals surface area contributed by atoms with Crippen LogP contribution >= 0.6 is 11.8 Å². The van der Waals surface area contributed by atoms with Gasteiger partial charge < -0.3 is 10.6 Å². The molecule has 0 radical (unpaired) electrons. The van der Waals surface area contributed by atoms with Gasteiger partial charge in [0, 0.05) is 22.7 Å². The van der Waals surface area contributed by atoms with Crippen molar-refractivity contribution in [1.82, 2.24) is 0 Å². The fourth-order valence-corrected chi connectivity index (χ4v) is 3.60. The second kappa shape index (κ2) is 9.94. The first-order chi connectivity index (χ1) is 14.0. The van der Waals surface area contributed by atoms with Gasteiger partial charge in [-0.05, 0) is 60.9 Å². The maximum Gasteiger partial charge on any atom is 0.255 e. The Balaban J connectivity index is 1.47. The molecule has 0 heterocycles. The highest BCUT2D eigenvalue weighted by atomic mass is 32.2. The Bertz CT molecular complexity index is 986. The Kier molecular flexibility index (Phi) is 7.09. The molecule has 0 aromatic heterocycles. The summed E-state index contributed by atoms with van der Waals surface area (Å²) in [5.41, 5.74) is 5.57. The normalized spacial score (nSPS) is 10.4. The zero-order chi connectivity index (χ0) is 20.6. The van der Waals surface area contributed by atoms with Gasteiger partial charge in [-0.15, -0.1) is 11.8 Å². The zero-order valence-electron chi connectivity index (χ0n) is 16.6. The predicted octanol–water partition coefficient (Wildman–Crippen LogP) is 5.43. The van der Waals surface area contributed by atoms with Crippen LogP contribution in [0.4, 0.5) is 11.4 Å².